The number of nitro benzene ring substituents is 1. The number of rotatable bonds is 8. The van der Waals surface area contributed by atoms with Crippen LogP contribution in [0.3, 0.4) is 0 Å². The van der Waals surface area contributed by atoms with Crippen LogP contribution in [0.15, 0.2) is 53.9 Å². The highest BCUT2D eigenvalue weighted by atomic mass is 32.1. The topological polar surface area (TPSA) is 123 Å². The molecule has 0 aliphatic carbocycles. The van der Waals surface area contributed by atoms with Crippen molar-refractivity contribution in [1.82, 2.24) is 10.3 Å². The third-order valence-electron chi connectivity index (χ3n) is 3.96. The highest BCUT2D eigenvalue weighted by Crippen LogP contribution is 2.27. The lowest BCUT2D eigenvalue weighted by atomic mass is 10.1. The number of nitro groups is 1. The van der Waals surface area contributed by atoms with Gasteiger partial charge in [-0.15, -0.1) is 11.3 Å². The van der Waals surface area contributed by atoms with Gasteiger partial charge in [-0.2, -0.15) is 0 Å². The lowest BCUT2D eigenvalue weighted by Gasteiger charge is -2.06. The summed E-state index contributed by atoms with van der Waals surface area (Å²) < 4.78 is 5.27. The fourth-order valence-corrected chi connectivity index (χ4v) is 3.25. The Morgan fingerprint density at radius 3 is 2.60 bits per heavy atom. The maximum absolute atomic E-state index is 12.1. The Bertz CT molecular complexity index is 1070. The zero-order chi connectivity index (χ0) is 21.5. The van der Waals surface area contributed by atoms with Crippen molar-refractivity contribution in [2.45, 2.75) is 13.5 Å². The van der Waals surface area contributed by atoms with E-state index in [0.29, 0.717) is 17.4 Å². The van der Waals surface area contributed by atoms with Crippen molar-refractivity contribution < 1.29 is 19.2 Å². The van der Waals surface area contributed by atoms with Crippen LogP contribution in [-0.4, -0.2) is 28.3 Å². The fourth-order valence-electron chi connectivity index (χ4n) is 2.51. The molecule has 0 bridgehead atoms. The Morgan fingerprint density at radius 2 is 1.90 bits per heavy atom. The van der Waals surface area contributed by atoms with Crippen LogP contribution in [0.5, 0.6) is 5.75 Å². The highest BCUT2D eigenvalue weighted by Gasteiger charge is 2.15. The molecular formula is C20H18N4O5S. The monoisotopic (exact) mass is 426 g/mol. The summed E-state index contributed by atoms with van der Waals surface area (Å²) in [6.45, 7) is 1.54. The number of nitrogens with zero attached hydrogens (tertiary/aromatic N) is 2. The van der Waals surface area contributed by atoms with Gasteiger partial charge in [0.05, 0.1) is 10.6 Å². The van der Waals surface area contributed by atoms with Crippen LogP contribution in [0, 0.1) is 10.1 Å². The Balaban J connectivity index is 1.57. The van der Waals surface area contributed by atoms with Crippen LogP contribution in [0.2, 0.25) is 0 Å². The van der Waals surface area contributed by atoms with Crippen molar-refractivity contribution in [3.05, 3.63) is 69.6 Å². The van der Waals surface area contributed by atoms with E-state index >= 15 is 0 Å². The molecule has 10 heteroatoms. The molecule has 0 unspecified atom stereocenters. The summed E-state index contributed by atoms with van der Waals surface area (Å²) in [6.07, 6.45) is 0. The van der Waals surface area contributed by atoms with Crippen molar-refractivity contribution in [3.63, 3.8) is 0 Å². The summed E-state index contributed by atoms with van der Waals surface area (Å²) in [6, 6.07) is 13.4. The first kappa shape index (κ1) is 20.9. The van der Waals surface area contributed by atoms with E-state index in [-0.39, 0.29) is 24.0 Å². The summed E-state index contributed by atoms with van der Waals surface area (Å²) >= 11 is 1.26. The number of hydrogen-bond acceptors (Lipinski definition) is 7. The molecule has 9 nitrogen and oxygen atoms in total. The summed E-state index contributed by atoms with van der Waals surface area (Å²) in [5.74, 6) is -0.540. The van der Waals surface area contributed by atoms with E-state index in [1.54, 1.807) is 11.4 Å². The summed E-state index contributed by atoms with van der Waals surface area (Å²) in [5, 5.41) is 18.5. The van der Waals surface area contributed by atoms with Gasteiger partial charge in [0.15, 0.2) is 17.5 Å². The molecule has 0 saturated carbocycles. The number of anilines is 1. The molecule has 2 aromatic carbocycles. The fraction of sp³-hybridized carbons (Fsp3) is 0.150. The number of thiazole rings is 1. The van der Waals surface area contributed by atoms with E-state index in [0.717, 1.165) is 11.1 Å². The van der Waals surface area contributed by atoms with Gasteiger partial charge < -0.3 is 10.1 Å². The minimum atomic E-state index is -0.568. The van der Waals surface area contributed by atoms with Crippen LogP contribution >= 0.6 is 11.3 Å². The van der Waals surface area contributed by atoms with Crippen LogP contribution in [0.4, 0.5) is 10.8 Å². The molecule has 0 aliphatic heterocycles. The average molecular weight is 426 g/mol. The summed E-state index contributed by atoms with van der Waals surface area (Å²) in [7, 11) is 0. The molecule has 0 radical (unpaired) electrons. The molecule has 0 atom stereocenters. The molecule has 0 fully saturated rings. The molecule has 3 rings (SSSR count). The number of carbonyl (C=O) groups excluding carboxylic acids is 2. The molecule has 0 aliphatic rings. The Kier molecular flexibility index (Phi) is 6.71. The zero-order valence-corrected chi connectivity index (χ0v) is 16.8. The van der Waals surface area contributed by atoms with Gasteiger partial charge in [0, 0.05) is 30.5 Å². The molecule has 2 N–H and O–H groups in total. The molecule has 3 aromatic rings. The van der Waals surface area contributed by atoms with Crippen LogP contribution in [0.25, 0.3) is 11.3 Å². The van der Waals surface area contributed by atoms with E-state index in [1.807, 2.05) is 24.3 Å². The van der Waals surface area contributed by atoms with Gasteiger partial charge in [0.25, 0.3) is 5.91 Å². The van der Waals surface area contributed by atoms with Crippen LogP contribution < -0.4 is 15.4 Å². The SMILES string of the molecule is CC(=O)NCc1ccc(-c2csc(NC(=O)COc3ccccc3[N+](=O)[O-])n2)cc1. The number of ether oxygens (including phenoxy) is 1. The van der Waals surface area contributed by atoms with Gasteiger partial charge in [-0.25, -0.2) is 4.98 Å². The van der Waals surface area contributed by atoms with E-state index < -0.39 is 10.8 Å². The quantitative estimate of drug-likeness (QED) is 0.420. The van der Waals surface area contributed by atoms with E-state index in [4.69, 9.17) is 4.74 Å². The van der Waals surface area contributed by atoms with Crippen molar-refractivity contribution in [3.8, 4) is 17.0 Å². The van der Waals surface area contributed by atoms with Gasteiger partial charge >= 0.3 is 5.69 Å². The second kappa shape index (κ2) is 9.61. The van der Waals surface area contributed by atoms with E-state index in [2.05, 4.69) is 15.6 Å². The third-order valence-corrected chi connectivity index (χ3v) is 4.72. The standard InChI is InChI=1S/C20H18N4O5S/c1-13(25)21-10-14-6-8-15(9-7-14)16-12-30-20(22-16)23-19(26)11-29-18-5-3-2-4-17(18)24(27)28/h2-9,12H,10-11H2,1H3,(H,21,25)(H,22,23,26). The van der Waals surface area contributed by atoms with Gasteiger partial charge in [0.1, 0.15) is 0 Å². The number of para-hydroxylation sites is 2. The van der Waals surface area contributed by atoms with Gasteiger partial charge in [-0.05, 0) is 11.6 Å². The van der Waals surface area contributed by atoms with Crippen molar-refractivity contribution in [1.29, 1.82) is 0 Å². The zero-order valence-electron chi connectivity index (χ0n) is 16.0. The van der Waals surface area contributed by atoms with E-state index in [9.17, 15) is 19.7 Å². The lowest BCUT2D eigenvalue weighted by Crippen LogP contribution is -2.20. The third kappa shape index (κ3) is 5.61. The van der Waals surface area contributed by atoms with Gasteiger partial charge in [-0.1, -0.05) is 36.4 Å². The number of carbonyl (C=O) groups is 2. The van der Waals surface area contributed by atoms with Crippen molar-refractivity contribution in [2.24, 2.45) is 0 Å². The minimum absolute atomic E-state index is 0.0248. The largest absolute Gasteiger partial charge is 0.477 e. The van der Waals surface area contributed by atoms with E-state index in [1.165, 1.54) is 36.5 Å². The second-order valence-corrected chi connectivity index (χ2v) is 7.06. The first-order valence-electron chi connectivity index (χ1n) is 8.87. The molecule has 2 amide bonds. The molecular weight excluding hydrogens is 408 g/mol. The number of aromatic nitrogens is 1. The predicted octanol–water partition coefficient (Wildman–Crippen LogP) is 3.37. The van der Waals surface area contributed by atoms with Gasteiger partial charge in [-0.3, -0.25) is 25.0 Å². The summed E-state index contributed by atoms with van der Waals surface area (Å²) in [4.78, 5) is 37.9. The Hall–Kier alpha value is -3.79. The number of amides is 2. The Labute approximate surface area is 175 Å². The molecule has 0 saturated heterocycles. The predicted molar refractivity (Wildman–Crippen MR) is 112 cm³/mol. The summed E-state index contributed by atoms with van der Waals surface area (Å²) in [5.41, 5.74) is 2.32. The average Bonchev–Trinajstić information content (AvgIpc) is 3.19. The number of hydrogen-bond donors (Lipinski definition) is 2. The maximum Gasteiger partial charge on any atom is 0.310 e. The Morgan fingerprint density at radius 1 is 1.17 bits per heavy atom. The molecule has 0 spiro atoms. The van der Waals surface area contributed by atoms with Crippen molar-refractivity contribution >= 4 is 34.0 Å². The second-order valence-electron chi connectivity index (χ2n) is 6.21. The maximum atomic E-state index is 12.1. The first-order chi connectivity index (χ1) is 14.4. The normalized spacial score (nSPS) is 10.3. The molecule has 1 heterocycles. The lowest BCUT2D eigenvalue weighted by molar-refractivity contribution is -0.385. The number of nitrogens with one attached hydrogen (secondary N) is 2. The smallest absolute Gasteiger partial charge is 0.310 e. The highest BCUT2D eigenvalue weighted by molar-refractivity contribution is 7.14. The van der Waals surface area contributed by atoms with Crippen LogP contribution in [0.1, 0.15) is 12.5 Å². The molecule has 154 valence electrons. The minimum Gasteiger partial charge on any atom is -0.477 e. The van der Waals surface area contributed by atoms with Crippen molar-refractivity contribution in [2.75, 3.05) is 11.9 Å². The first-order valence-corrected chi connectivity index (χ1v) is 9.75. The van der Waals surface area contributed by atoms with Crippen LogP contribution in [-0.2, 0) is 16.1 Å². The number of benzene rings is 2. The van der Waals surface area contributed by atoms with Gasteiger partial charge in [0.2, 0.25) is 5.91 Å². The molecule has 30 heavy (non-hydrogen) atoms. The molecule has 1 aromatic heterocycles.